The molecule has 0 bridgehead atoms. The molecule has 1 amide bonds. The second kappa shape index (κ2) is 9.60. The topological polar surface area (TPSA) is 67.3 Å². The van der Waals surface area contributed by atoms with E-state index in [1.165, 1.54) is 19.3 Å². The van der Waals surface area contributed by atoms with Crippen LogP contribution in [0.5, 0.6) is 5.75 Å². The van der Waals surface area contributed by atoms with Crippen molar-refractivity contribution in [2.24, 2.45) is 0 Å². The van der Waals surface area contributed by atoms with Crippen LogP contribution in [0.4, 0.5) is 11.5 Å². The van der Waals surface area contributed by atoms with Gasteiger partial charge in [0, 0.05) is 24.3 Å². The van der Waals surface area contributed by atoms with Crippen LogP contribution >= 0.6 is 0 Å². The summed E-state index contributed by atoms with van der Waals surface area (Å²) < 4.78 is 5.70. The van der Waals surface area contributed by atoms with Crippen molar-refractivity contribution in [3.05, 3.63) is 65.7 Å². The number of amides is 1. The number of hydrogen-bond acceptors (Lipinski definition) is 5. The van der Waals surface area contributed by atoms with Crippen molar-refractivity contribution in [1.29, 1.82) is 0 Å². The molecule has 1 aromatic heterocycles. The Bertz CT molecular complexity index is 1040. The number of nitrogens with zero attached hydrogens (tertiary/aromatic N) is 3. The van der Waals surface area contributed by atoms with Crippen LogP contribution in [0.3, 0.4) is 0 Å². The fraction of sp³-hybridized carbons (Fsp3) is 0.320. The van der Waals surface area contributed by atoms with Gasteiger partial charge in [0.15, 0.2) is 12.4 Å². The molecule has 1 aliphatic rings. The van der Waals surface area contributed by atoms with Crippen molar-refractivity contribution in [1.82, 2.24) is 10.2 Å². The molecule has 0 spiro atoms. The second-order valence-electron chi connectivity index (χ2n) is 8.01. The van der Waals surface area contributed by atoms with Gasteiger partial charge in [-0.1, -0.05) is 24.3 Å². The number of aromatic nitrogens is 2. The normalized spacial score (nSPS) is 13.7. The summed E-state index contributed by atoms with van der Waals surface area (Å²) in [6, 6.07) is 17.6. The van der Waals surface area contributed by atoms with Crippen molar-refractivity contribution < 1.29 is 9.53 Å². The minimum Gasteiger partial charge on any atom is -0.483 e. The van der Waals surface area contributed by atoms with Crippen molar-refractivity contribution in [3.8, 4) is 17.0 Å². The number of hydrogen-bond donors (Lipinski definition) is 1. The molecule has 0 unspecified atom stereocenters. The van der Waals surface area contributed by atoms with E-state index in [1.54, 1.807) is 0 Å². The first-order valence-electron chi connectivity index (χ1n) is 10.8. The molecule has 6 nitrogen and oxygen atoms in total. The molecule has 6 heteroatoms. The molecule has 1 aliphatic heterocycles. The van der Waals surface area contributed by atoms with Crippen molar-refractivity contribution in [2.45, 2.75) is 33.1 Å². The number of ether oxygens (including phenoxy) is 1. The quantitative estimate of drug-likeness (QED) is 0.627. The maximum atomic E-state index is 12.4. The summed E-state index contributed by atoms with van der Waals surface area (Å²) in [6.07, 6.45) is 3.70. The molecular weight excluding hydrogens is 388 g/mol. The summed E-state index contributed by atoms with van der Waals surface area (Å²) >= 11 is 0. The Labute approximate surface area is 183 Å². The number of carbonyl (C=O) groups is 1. The van der Waals surface area contributed by atoms with E-state index in [0.717, 1.165) is 47.0 Å². The number of carbonyl (C=O) groups excluding carboxylic acids is 1. The minimum atomic E-state index is -0.204. The first-order valence-corrected chi connectivity index (χ1v) is 10.8. The predicted molar refractivity (Wildman–Crippen MR) is 124 cm³/mol. The monoisotopic (exact) mass is 416 g/mol. The first-order chi connectivity index (χ1) is 15.1. The maximum Gasteiger partial charge on any atom is 0.262 e. The van der Waals surface area contributed by atoms with Crippen LogP contribution in [0.1, 0.15) is 30.4 Å². The van der Waals surface area contributed by atoms with Crippen LogP contribution in [-0.4, -0.2) is 35.8 Å². The maximum absolute atomic E-state index is 12.4. The van der Waals surface area contributed by atoms with E-state index in [0.29, 0.717) is 5.69 Å². The lowest BCUT2D eigenvalue weighted by atomic mass is 10.1. The van der Waals surface area contributed by atoms with Gasteiger partial charge in [0.25, 0.3) is 5.91 Å². The number of piperidine rings is 1. The summed E-state index contributed by atoms with van der Waals surface area (Å²) in [4.78, 5) is 14.7. The SMILES string of the molecule is Cc1ccc(C)c(OCC(=O)Nc2cccc(-c3ccc(N4CCCCC4)nn3)c2)c1. The fourth-order valence-electron chi connectivity index (χ4n) is 3.73. The van der Waals surface area contributed by atoms with Gasteiger partial charge in [0.1, 0.15) is 5.75 Å². The minimum absolute atomic E-state index is 0.0428. The summed E-state index contributed by atoms with van der Waals surface area (Å²) in [5, 5.41) is 11.7. The molecule has 31 heavy (non-hydrogen) atoms. The van der Waals surface area contributed by atoms with E-state index in [4.69, 9.17) is 4.74 Å². The Morgan fingerprint density at radius 2 is 1.84 bits per heavy atom. The third-order valence-corrected chi connectivity index (χ3v) is 5.48. The number of nitrogens with one attached hydrogen (secondary N) is 1. The molecule has 1 saturated heterocycles. The van der Waals surface area contributed by atoms with Gasteiger partial charge in [-0.3, -0.25) is 4.79 Å². The standard InChI is InChI=1S/C25H28N4O2/c1-18-9-10-19(2)23(15-18)31-17-25(30)26-21-8-6-7-20(16-21)22-11-12-24(28-27-22)29-13-4-3-5-14-29/h6-12,15-16H,3-5,13-14,17H2,1-2H3,(H,26,30). The van der Waals surface area contributed by atoms with Gasteiger partial charge in [-0.05, 0) is 74.6 Å². The molecule has 4 rings (SSSR count). The zero-order chi connectivity index (χ0) is 21.6. The lowest BCUT2D eigenvalue weighted by molar-refractivity contribution is -0.118. The van der Waals surface area contributed by atoms with Crippen LogP contribution < -0.4 is 15.0 Å². The van der Waals surface area contributed by atoms with Crippen LogP contribution in [0.2, 0.25) is 0 Å². The lowest BCUT2D eigenvalue weighted by Crippen LogP contribution is -2.30. The van der Waals surface area contributed by atoms with Crippen LogP contribution in [0.15, 0.2) is 54.6 Å². The number of anilines is 2. The number of aryl methyl sites for hydroxylation is 2. The summed E-state index contributed by atoms with van der Waals surface area (Å²) in [6.45, 7) is 6.01. The Balaban J connectivity index is 1.38. The molecule has 1 fully saturated rings. The molecule has 1 N–H and O–H groups in total. The van der Waals surface area contributed by atoms with Gasteiger partial charge >= 0.3 is 0 Å². The summed E-state index contributed by atoms with van der Waals surface area (Å²) in [5.74, 6) is 1.45. The van der Waals surface area contributed by atoms with Gasteiger partial charge in [-0.15, -0.1) is 10.2 Å². The lowest BCUT2D eigenvalue weighted by Gasteiger charge is -2.27. The van der Waals surface area contributed by atoms with Gasteiger partial charge in [-0.25, -0.2) is 0 Å². The van der Waals surface area contributed by atoms with E-state index in [1.807, 2.05) is 68.4 Å². The summed E-state index contributed by atoms with van der Waals surface area (Å²) in [7, 11) is 0. The third-order valence-electron chi connectivity index (χ3n) is 5.48. The first kappa shape index (κ1) is 20.8. The van der Waals surface area contributed by atoms with E-state index >= 15 is 0 Å². The highest BCUT2D eigenvalue weighted by molar-refractivity contribution is 5.92. The van der Waals surface area contributed by atoms with Crippen LogP contribution in [0.25, 0.3) is 11.3 Å². The van der Waals surface area contributed by atoms with E-state index in [2.05, 4.69) is 20.4 Å². The molecule has 3 aromatic rings. The van der Waals surface area contributed by atoms with Gasteiger partial charge in [-0.2, -0.15) is 0 Å². The smallest absolute Gasteiger partial charge is 0.262 e. The Kier molecular flexibility index (Phi) is 6.46. The second-order valence-corrected chi connectivity index (χ2v) is 8.01. The van der Waals surface area contributed by atoms with Gasteiger partial charge in [0.05, 0.1) is 5.69 Å². The Morgan fingerprint density at radius 3 is 2.61 bits per heavy atom. The fourth-order valence-corrected chi connectivity index (χ4v) is 3.73. The molecular formula is C25H28N4O2. The zero-order valence-electron chi connectivity index (χ0n) is 18.1. The predicted octanol–water partition coefficient (Wildman–Crippen LogP) is 4.77. The largest absolute Gasteiger partial charge is 0.483 e. The molecule has 0 saturated carbocycles. The highest BCUT2D eigenvalue weighted by Gasteiger charge is 2.13. The van der Waals surface area contributed by atoms with Crippen molar-refractivity contribution in [3.63, 3.8) is 0 Å². The highest BCUT2D eigenvalue weighted by Crippen LogP contribution is 2.23. The highest BCUT2D eigenvalue weighted by atomic mass is 16.5. The molecule has 0 radical (unpaired) electrons. The summed E-state index contributed by atoms with van der Waals surface area (Å²) in [5.41, 5.74) is 4.50. The average Bonchev–Trinajstić information content (AvgIpc) is 2.80. The van der Waals surface area contributed by atoms with E-state index < -0.39 is 0 Å². The molecule has 0 aliphatic carbocycles. The van der Waals surface area contributed by atoms with Gasteiger partial charge < -0.3 is 15.0 Å². The molecule has 160 valence electrons. The number of benzene rings is 2. The Morgan fingerprint density at radius 1 is 1.00 bits per heavy atom. The Hall–Kier alpha value is -3.41. The zero-order valence-corrected chi connectivity index (χ0v) is 18.1. The average molecular weight is 417 g/mol. The van der Waals surface area contributed by atoms with Crippen LogP contribution in [-0.2, 0) is 4.79 Å². The number of rotatable bonds is 6. The van der Waals surface area contributed by atoms with E-state index in [9.17, 15) is 4.79 Å². The van der Waals surface area contributed by atoms with Crippen molar-refractivity contribution in [2.75, 3.05) is 29.9 Å². The molecule has 0 atom stereocenters. The van der Waals surface area contributed by atoms with Crippen LogP contribution in [0, 0.1) is 13.8 Å². The molecule has 2 heterocycles. The third kappa shape index (κ3) is 5.40. The van der Waals surface area contributed by atoms with Gasteiger partial charge in [0.2, 0.25) is 0 Å². The van der Waals surface area contributed by atoms with Crippen molar-refractivity contribution >= 4 is 17.4 Å². The molecule has 2 aromatic carbocycles. The van der Waals surface area contributed by atoms with E-state index in [-0.39, 0.29) is 12.5 Å².